The summed E-state index contributed by atoms with van der Waals surface area (Å²) < 4.78 is 0.757. The van der Waals surface area contributed by atoms with E-state index < -0.39 is 0 Å². The maximum Gasteiger partial charge on any atom is 0.161 e. The topological polar surface area (TPSA) is 37.3 Å². The van der Waals surface area contributed by atoms with Gasteiger partial charge in [0, 0.05) is 10.0 Å². The average Bonchev–Trinajstić information content (AvgIpc) is 1.96. The highest BCUT2D eigenvalue weighted by atomic mass is 79.9. The van der Waals surface area contributed by atoms with Gasteiger partial charge in [0.1, 0.15) is 5.75 Å². The molecule has 0 heterocycles. The molecule has 0 aliphatic heterocycles. The van der Waals surface area contributed by atoms with Crippen molar-refractivity contribution in [3.63, 3.8) is 0 Å². The van der Waals surface area contributed by atoms with E-state index >= 15 is 0 Å². The monoisotopic (exact) mass is 228 g/mol. The third kappa shape index (κ3) is 1.67. The second-order valence-electron chi connectivity index (χ2n) is 2.68. The van der Waals surface area contributed by atoms with Gasteiger partial charge in [0.05, 0.1) is 0 Å². The molecule has 2 nitrogen and oxygen atoms in total. The number of carbonyl (C=O) groups is 1. The number of phenols is 1. The van der Waals surface area contributed by atoms with Gasteiger partial charge in [0.2, 0.25) is 0 Å². The molecule has 0 radical (unpaired) electrons. The van der Waals surface area contributed by atoms with Gasteiger partial charge in [-0.15, -0.1) is 0 Å². The van der Waals surface area contributed by atoms with E-state index in [4.69, 9.17) is 0 Å². The molecule has 0 aromatic heterocycles. The van der Waals surface area contributed by atoms with Gasteiger partial charge in [-0.3, -0.25) is 4.79 Å². The van der Waals surface area contributed by atoms with Crippen LogP contribution in [0.15, 0.2) is 16.6 Å². The number of aromatic hydroxyl groups is 1. The van der Waals surface area contributed by atoms with Crippen LogP contribution in [0.1, 0.15) is 22.8 Å². The average molecular weight is 229 g/mol. The number of rotatable bonds is 1. The van der Waals surface area contributed by atoms with Crippen molar-refractivity contribution in [3.8, 4) is 5.75 Å². The van der Waals surface area contributed by atoms with Crippen LogP contribution in [0.3, 0.4) is 0 Å². The van der Waals surface area contributed by atoms with Crippen LogP contribution in [0.2, 0.25) is 0 Å². The van der Waals surface area contributed by atoms with E-state index in [1.165, 1.54) is 13.0 Å². The van der Waals surface area contributed by atoms with Gasteiger partial charge in [0.25, 0.3) is 0 Å². The summed E-state index contributed by atoms with van der Waals surface area (Å²) in [5.41, 5.74) is 1.38. The van der Waals surface area contributed by atoms with Crippen LogP contribution < -0.4 is 0 Å². The summed E-state index contributed by atoms with van der Waals surface area (Å²) >= 11 is 3.28. The van der Waals surface area contributed by atoms with Gasteiger partial charge in [0.15, 0.2) is 5.78 Å². The summed E-state index contributed by atoms with van der Waals surface area (Å²) in [4.78, 5) is 11.0. The van der Waals surface area contributed by atoms with Crippen molar-refractivity contribution in [1.82, 2.24) is 0 Å². The Morgan fingerprint density at radius 3 is 2.58 bits per heavy atom. The van der Waals surface area contributed by atoms with E-state index in [1.807, 2.05) is 6.92 Å². The standard InChI is InChI=1S/C9H9BrO2/c1-5-3-7(12)4-8(6(2)11)9(5)10/h3-4,12H,1-2H3. The van der Waals surface area contributed by atoms with E-state index in [2.05, 4.69) is 15.9 Å². The molecule has 0 aliphatic rings. The summed E-state index contributed by atoms with van der Waals surface area (Å²) in [7, 11) is 0. The lowest BCUT2D eigenvalue weighted by Gasteiger charge is -2.04. The molecule has 3 heteroatoms. The summed E-state index contributed by atoms with van der Waals surface area (Å²) in [5.74, 6) is 0.0711. The summed E-state index contributed by atoms with van der Waals surface area (Å²) in [6.07, 6.45) is 0. The number of ketones is 1. The van der Waals surface area contributed by atoms with Crippen LogP contribution in [0, 0.1) is 6.92 Å². The van der Waals surface area contributed by atoms with Crippen molar-refractivity contribution in [2.75, 3.05) is 0 Å². The van der Waals surface area contributed by atoms with Gasteiger partial charge in [-0.25, -0.2) is 0 Å². The zero-order valence-corrected chi connectivity index (χ0v) is 8.47. The second-order valence-corrected chi connectivity index (χ2v) is 3.47. The minimum atomic E-state index is -0.0547. The Hall–Kier alpha value is -0.830. The first-order valence-corrected chi connectivity index (χ1v) is 4.31. The van der Waals surface area contributed by atoms with Crippen molar-refractivity contribution in [3.05, 3.63) is 27.7 Å². The van der Waals surface area contributed by atoms with E-state index in [0.717, 1.165) is 10.0 Å². The van der Waals surface area contributed by atoms with Crippen LogP contribution in [0.5, 0.6) is 5.75 Å². The number of hydrogen-bond donors (Lipinski definition) is 1. The molecule has 0 saturated heterocycles. The summed E-state index contributed by atoms with van der Waals surface area (Å²) in [6, 6.07) is 3.07. The largest absolute Gasteiger partial charge is 0.508 e. The summed E-state index contributed by atoms with van der Waals surface area (Å²) in [5, 5.41) is 9.19. The molecule has 0 unspecified atom stereocenters. The Kier molecular flexibility index (Phi) is 2.52. The molecule has 0 aliphatic carbocycles. The van der Waals surface area contributed by atoms with Crippen molar-refractivity contribution < 1.29 is 9.90 Å². The molecular formula is C9H9BrO2. The molecule has 1 aromatic rings. The Labute approximate surface area is 79.3 Å². The fraction of sp³-hybridized carbons (Fsp3) is 0.222. The number of aryl methyl sites for hydroxylation is 1. The third-order valence-corrected chi connectivity index (χ3v) is 2.67. The first kappa shape index (κ1) is 9.26. The van der Waals surface area contributed by atoms with Crippen LogP contribution in [0.25, 0.3) is 0 Å². The number of halogens is 1. The smallest absolute Gasteiger partial charge is 0.161 e. The van der Waals surface area contributed by atoms with Crippen molar-refractivity contribution in [1.29, 1.82) is 0 Å². The molecule has 1 aromatic carbocycles. The van der Waals surface area contributed by atoms with E-state index in [1.54, 1.807) is 6.07 Å². The van der Waals surface area contributed by atoms with Crippen molar-refractivity contribution in [2.24, 2.45) is 0 Å². The minimum absolute atomic E-state index is 0.0547. The molecule has 1 N–H and O–H groups in total. The van der Waals surface area contributed by atoms with E-state index in [9.17, 15) is 9.90 Å². The maximum atomic E-state index is 11.0. The minimum Gasteiger partial charge on any atom is -0.508 e. The highest BCUT2D eigenvalue weighted by molar-refractivity contribution is 9.10. The van der Waals surface area contributed by atoms with Crippen LogP contribution in [-0.4, -0.2) is 10.9 Å². The number of hydrogen-bond acceptors (Lipinski definition) is 2. The Balaban J connectivity index is 3.37. The highest BCUT2D eigenvalue weighted by Crippen LogP contribution is 2.26. The van der Waals surface area contributed by atoms with Gasteiger partial charge in [-0.1, -0.05) is 0 Å². The normalized spacial score (nSPS) is 9.92. The van der Waals surface area contributed by atoms with Gasteiger partial charge in [-0.2, -0.15) is 0 Å². The zero-order valence-electron chi connectivity index (χ0n) is 6.89. The molecule has 0 atom stereocenters. The SMILES string of the molecule is CC(=O)c1cc(O)cc(C)c1Br. The zero-order chi connectivity index (χ0) is 9.30. The number of phenolic OH excluding ortho intramolecular Hbond substituents is 1. The second kappa shape index (κ2) is 3.27. The molecule has 0 amide bonds. The lowest BCUT2D eigenvalue weighted by molar-refractivity contribution is 0.101. The predicted octanol–water partition coefficient (Wildman–Crippen LogP) is 2.67. The first-order valence-electron chi connectivity index (χ1n) is 3.52. The fourth-order valence-corrected chi connectivity index (χ4v) is 1.51. The Morgan fingerprint density at radius 2 is 2.08 bits per heavy atom. The molecule has 0 saturated carbocycles. The molecule has 12 heavy (non-hydrogen) atoms. The summed E-state index contributed by atoms with van der Waals surface area (Å²) in [6.45, 7) is 3.30. The Bertz CT molecular complexity index is 332. The van der Waals surface area contributed by atoms with E-state index in [-0.39, 0.29) is 11.5 Å². The van der Waals surface area contributed by atoms with Crippen LogP contribution >= 0.6 is 15.9 Å². The number of benzene rings is 1. The first-order chi connectivity index (χ1) is 5.52. The Morgan fingerprint density at radius 1 is 1.50 bits per heavy atom. The van der Waals surface area contributed by atoms with Gasteiger partial charge >= 0.3 is 0 Å². The number of Topliss-reactive ketones (excluding diaryl/α,β-unsaturated/α-hetero) is 1. The van der Waals surface area contributed by atoms with E-state index in [0.29, 0.717) is 5.56 Å². The maximum absolute atomic E-state index is 11.0. The van der Waals surface area contributed by atoms with Gasteiger partial charge < -0.3 is 5.11 Å². The third-order valence-electron chi connectivity index (χ3n) is 1.62. The molecule has 0 bridgehead atoms. The van der Waals surface area contributed by atoms with Gasteiger partial charge in [-0.05, 0) is 47.5 Å². The quantitative estimate of drug-likeness (QED) is 0.751. The highest BCUT2D eigenvalue weighted by Gasteiger charge is 2.08. The fourth-order valence-electron chi connectivity index (χ4n) is 1.01. The predicted molar refractivity (Wildman–Crippen MR) is 50.5 cm³/mol. The molecule has 1 rings (SSSR count). The molecule has 64 valence electrons. The van der Waals surface area contributed by atoms with Crippen LogP contribution in [0.4, 0.5) is 0 Å². The molecular weight excluding hydrogens is 220 g/mol. The molecule has 0 spiro atoms. The lowest BCUT2D eigenvalue weighted by Crippen LogP contribution is -1.94. The lowest BCUT2D eigenvalue weighted by atomic mass is 10.1. The number of carbonyl (C=O) groups excluding carboxylic acids is 1. The molecule has 0 fully saturated rings. The van der Waals surface area contributed by atoms with Crippen molar-refractivity contribution in [2.45, 2.75) is 13.8 Å². The van der Waals surface area contributed by atoms with Crippen LogP contribution in [-0.2, 0) is 0 Å². The van der Waals surface area contributed by atoms with Crippen molar-refractivity contribution >= 4 is 21.7 Å².